The Morgan fingerprint density at radius 2 is 1.02 bits per heavy atom. The molecule has 0 fully saturated rings. The van der Waals surface area contributed by atoms with E-state index in [9.17, 15) is 0 Å². The molecule has 248 valence electrons. The van der Waals surface area contributed by atoms with E-state index in [1.807, 2.05) is 0 Å². The lowest BCUT2D eigenvalue weighted by atomic mass is 9.70. The van der Waals surface area contributed by atoms with Gasteiger partial charge in [-0.15, -0.1) is 0 Å². The Kier molecular flexibility index (Phi) is 6.84. The van der Waals surface area contributed by atoms with Crippen molar-refractivity contribution in [3.8, 4) is 33.8 Å². The van der Waals surface area contributed by atoms with Crippen LogP contribution < -0.4 is 14.5 Å². The Morgan fingerprint density at radius 3 is 1.77 bits per heavy atom. The maximum absolute atomic E-state index is 6.77. The lowest BCUT2D eigenvalue weighted by Crippen LogP contribution is -2.33. The van der Waals surface area contributed by atoms with Crippen LogP contribution in [0.1, 0.15) is 25.0 Å². The number of hydrogen-bond acceptors (Lipinski definition) is 3. The number of para-hydroxylation sites is 2. The zero-order valence-corrected chi connectivity index (χ0v) is 29.1. The number of anilines is 6. The zero-order valence-electron chi connectivity index (χ0n) is 29.1. The van der Waals surface area contributed by atoms with E-state index in [2.05, 4.69) is 206 Å². The van der Waals surface area contributed by atoms with E-state index < -0.39 is 0 Å². The number of benzene rings is 8. The highest BCUT2D eigenvalue weighted by Crippen LogP contribution is 2.62. The average Bonchev–Trinajstić information content (AvgIpc) is 3.20. The second kappa shape index (κ2) is 11.8. The Morgan fingerprint density at radius 1 is 0.462 bits per heavy atom. The van der Waals surface area contributed by atoms with Crippen LogP contribution in [-0.2, 0) is 5.41 Å². The highest BCUT2D eigenvalue weighted by atomic mass is 16.5. The molecule has 0 saturated heterocycles. The Hall–Kier alpha value is -6.58. The second-order valence-electron chi connectivity index (χ2n) is 14.2. The lowest BCUT2D eigenvalue weighted by Gasteiger charge is -2.46. The minimum Gasteiger partial charge on any atom is -0.453 e. The van der Waals surface area contributed by atoms with E-state index in [1.54, 1.807) is 0 Å². The molecule has 0 saturated carbocycles. The smallest absolute Gasteiger partial charge is 0.152 e. The molecule has 2 aliphatic heterocycles. The van der Waals surface area contributed by atoms with Crippen molar-refractivity contribution in [2.75, 3.05) is 9.80 Å². The third kappa shape index (κ3) is 4.66. The summed E-state index contributed by atoms with van der Waals surface area (Å²) < 4.78 is 6.77. The van der Waals surface area contributed by atoms with E-state index in [4.69, 9.17) is 4.74 Å². The highest BCUT2D eigenvalue weighted by Gasteiger charge is 2.43. The van der Waals surface area contributed by atoms with Crippen LogP contribution in [0.5, 0.6) is 11.5 Å². The summed E-state index contributed by atoms with van der Waals surface area (Å²) in [5, 5.41) is 2.38. The zero-order chi connectivity index (χ0) is 34.8. The molecular weight excluding hydrogens is 633 g/mol. The van der Waals surface area contributed by atoms with Crippen molar-refractivity contribution >= 4 is 44.9 Å². The summed E-state index contributed by atoms with van der Waals surface area (Å²) in [6, 6.07) is 65.2. The summed E-state index contributed by atoms with van der Waals surface area (Å²) >= 11 is 0. The summed E-state index contributed by atoms with van der Waals surface area (Å²) in [5.74, 6) is 1.76. The lowest BCUT2D eigenvalue weighted by molar-refractivity contribution is 0.472. The highest BCUT2D eigenvalue weighted by molar-refractivity contribution is 6.07. The minimum absolute atomic E-state index is 0.283. The van der Waals surface area contributed by atoms with Crippen molar-refractivity contribution in [3.63, 3.8) is 0 Å². The summed E-state index contributed by atoms with van der Waals surface area (Å²) in [6.45, 7) is 4.71. The molecule has 0 radical (unpaired) electrons. The van der Waals surface area contributed by atoms with Gasteiger partial charge in [-0.1, -0.05) is 141 Å². The van der Waals surface area contributed by atoms with Crippen molar-refractivity contribution in [1.29, 1.82) is 0 Å². The second-order valence-corrected chi connectivity index (χ2v) is 14.2. The molecule has 0 amide bonds. The number of nitrogens with zero attached hydrogens (tertiary/aromatic N) is 2. The van der Waals surface area contributed by atoms with Crippen LogP contribution in [0.25, 0.3) is 33.0 Å². The average molecular weight is 669 g/mol. The van der Waals surface area contributed by atoms with Gasteiger partial charge in [0.1, 0.15) is 0 Å². The van der Waals surface area contributed by atoms with Gasteiger partial charge in [0.2, 0.25) is 0 Å². The van der Waals surface area contributed by atoms with E-state index in [1.165, 1.54) is 49.8 Å². The molecular formula is C49H36N2O. The molecule has 0 bridgehead atoms. The molecule has 52 heavy (non-hydrogen) atoms. The van der Waals surface area contributed by atoms with E-state index in [-0.39, 0.29) is 5.41 Å². The molecule has 0 spiro atoms. The van der Waals surface area contributed by atoms with Gasteiger partial charge in [-0.05, 0) is 93.4 Å². The third-order valence-corrected chi connectivity index (χ3v) is 10.8. The van der Waals surface area contributed by atoms with Gasteiger partial charge in [-0.2, -0.15) is 0 Å². The van der Waals surface area contributed by atoms with Crippen LogP contribution in [0.2, 0.25) is 0 Å². The Labute approximate surface area is 304 Å². The van der Waals surface area contributed by atoms with Crippen molar-refractivity contribution < 1.29 is 4.74 Å². The maximum atomic E-state index is 6.77. The van der Waals surface area contributed by atoms with Gasteiger partial charge in [0.15, 0.2) is 11.5 Å². The van der Waals surface area contributed by atoms with Crippen molar-refractivity contribution in [3.05, 3.63) is 193 Å². The van der Waals surface area contributed by atoms with Gasteiger partial charge < -0.3 is 14.5 Å². The van der Waals surface area contributed by atoms with Crippen molar-refractivity contribution in [2.24, 2.45) is 0 Å². The first kappa shape index (κ1) is 30.3. The fourth-order valence-corrected chi connectivity index (χ4v) is 8.35. The van der Waals surface area contributed by atoms with Crippen LogP contribution >= 0.6 is 0 Å². The predicted molar refractivity (Wildman–Crippen MR) is 216 cm³/mol. The van der Waals surface area contributed by atoms with Crippen LogP contribution in [0, 0.1) is 0 Å². The molecule has 0 aromatic heterocycles. The molecule has 0 atom stereocenters. The van der Waals surface area contributed by atoms with Crippen LogP contribution in [0.4, 0.5) is 34.1 Å². The fraction of sp³-hybridized carbons (Fsp3) is 0.0612. The normalized spacial score (nSPS) is 13.5. The first-order valence-corrected chi connectivity index (χ1v) is 17.9. The standard InChI is InChI=1S/C49H36N2O/c1-49(2)42-19-11-12-20-43(42)51-47-41-18-10-9-15-35(41)25-31-44(47)52-45-32-30-40(46(49)48(45)51)36-23-28-39(29-24-36)50(37-16-7-4-8-17-37)38-26-21-34(22-27-38)33-13-5-3-6-14-33/h3-32H,1-2H3. The van der Waals surface area contributed by atoms with Gasteiger partial charge in [0, 0.05) is 27.9 Å². The summed E-state index contributed by atoms with van der Waals surface area (Å²) in [6.07, 6.45) is 0. The largest absolute Gasteiger partial charge is 0.453 e. The van der Waals surface area contributed by atoms with Crippen molar-refractivity contribution in [1.82, 2.24) is 0 Å². The maximum Gasteiger partial charge on any atom is 0.152 e. The number of hydrogen-bond donors (Lipinski definition) is 0. The van der Waals surface area contributed by atoms with Crippen molar-refractivity contribution in [2.45, 2.75) is 19.3 Å². The van der Waals surface area contributed by atoms with Crippen LogP contribution in [-0.4, -0.2) is 0 Å². The van der Waals surface area contributed by atoms with Gasteiger partial charge in [0.25, 0.3) is 0 Å². The number of rotatable bonds is 5. The molecule has 2 aliphatic rings. The third-order valence-electron chi connectivity index (χ3n) is 10.8. The topological polar surface area (TPSA) is 15.7 Å². The molecule has 3 heteroatoms. The first-order chi connectivity index (χ1) is 25.6. The summed E-state index contributed by atoms with van der Waals surface area (Å²) in [4.78, 5) is 4.79. The predicted octanol–water partition coefficient (Wildman–Crippen LogP) is 13.9. The SMILES string of the molecule is CC1(C)c2ccccc2N2c3c(ccc(-c4ccc(N(c5ccccc5)c5ccc(-c6ccccc6)cc5)cc4)c31)Oc1ccc3ccccc3c12. The molecule has 0 aliphatic carbocycles. The monoisotopic (exact) mass is 668 g/mol. The fourth-order valence-electron chi connectivity index (χ4n) is 8.35. The van der Waals surface area contributed by atoms with Gasteiger partial charge in [-0.3, -0.25) is 0 Å². The first-order valence-electron chi connectivity index (χ1n) is 17.9. The molecule has 2 heterocycles. The molecule has 8 aromatic rings. The summed E-state index contributed by atoms with van der Waals surface area (Å²) in [7, 11) is 0. The Balaban J connectivity index is 1.11. The van der Waals surface area contributed by atoms with E-state index in [0.717, 1.165) is 39.9 Å². The van der Waals surface area contributed by atoms with E-state index in [0.29, 0.717) is 0 Å². The van der Waals surface area contributed by atoms with Gasteiger partial charge in [-0.25, -0.2) is 0 Å². The molecule has 8 aromatic carbocycles. The number of fused-ring (bicyclic) bond motifs is 6. The van der Waals surface area contributed by atoms with Gasteiger partial charge in [0.05, 0.1) is 17.1 Å². The van der Waals surface area contributed by atoms with Gasteiger partial charge >= 0.3 is 0 Å². The van der Waals surface area contributed by atoms with Crippen LogP contribution in [0.3, 0.4) is 0 Å². The van der Waals surface area contributed by atoms with Crippen LogP contribution in [0.15, 0.2) is 182 Å². The molecule has 3 nitrogen and oxygen atoms in total. The van der Waals surface area contributed by atoms with E-state index >= 15 is 0 Å². The molecule has 0 unspecified atom stereocenters. The molecule has 10 rings (SSSR count). The molecule has 0 N–H and O–H groups in total. The minimum atomic E-state index is -0.283. The summed E-state index contributed by atoms with van der Waals surface area (Å²) in [5.41, 5.74) is 13.8. The Bertz CT molecular complexity index is 2610. The number of ether oxygens (including phenoxy) is 1. The quantitative estimate of drug-likeness (QED) is 0.182.